The Balaban J connectivity index is 1.65. The molecule has 0 unspecified atom stereocenters. The van der Waals surface area contributed by atoms with Gasteiger partial charge in [-0.25, -0.2) is 0 Å². The van der Waals surface area contributed by atoms with Crippen molar-refractivity contribution in [2.24, 2.45) is 0 Å². The first-order chi connectivity index (χ1) is 24.3. The molecule has 0 fully saturated rings. The molecule has 1 aliphatic carbocycles. The Morgan fingerprint density at radius 1 is 0.392 bits per heavy atom. The van der Waals surface area contributed by atoms with E-state index in [1.54, 1.807) is 48.5 Å². The molecule has 0 heterocycles. The van der Waals surface area contributed by atoms with E-state index in [2.05, 4.69) is 13.8 Å². The minimum Gasteiger partial charge on any atom is -0.507 e. The molecule has 51 heavy (non-hydrogen) atoms. The summed E-state index contributed by atoms with van der Waals surface area (Å²) in [4.78, 5) is 0. The van der Waals surface area contributed by atoms with E-state index in [1.165, 1.54) is 6.07 Å². The number of rotatable bonds is 3. The summed E-state index contributed by atoms with van der Waals surface area (Å²) in [6.07, 6.45) is 0. The van der Waals surface area contributed by atoms with Crippen LogP contribution >= 0.6 is 0 Å². The number of fused-ring (bicyclic) bond motifs is 5. The van der Waals surface area contributed by atoms with Gasteiger partial charge >= 0.3 is 0 Å². The van der Waals surface area contributed by atoms with Gasteiger partial charge in [-0.15, -0.1) is 0 Å². The van der Waals surface area contributed by atoms with Crippen molar-refractivity contribution >= 4 is 21.5 Å². The summed E-state index contributed by atoms with van der Waals surface area (Å²) < 4.78 is 0. The van der Waals surface area contributed by atoms with Gasteiger partial charge in [0.1, 0.15) is 5.75 Å². The van der Waals surface area contributed by atoms with Crippen molar-refractivity contribution in [1.82, 2.24) is 0 Å². The van der Waals surface area contributed by atoms with Crippen LogP contribution in [0.3, 0.4) is 0 Å². The van der Waals surface area contributed by atoms with Crippen molar-refractivity contribution in [3.8, 4) is 96.3 Å². The molecule has 0 amide bonds. The third kappa shape index (κ3) is 4.09. The fourth-order valence-electron chi connectivity index (χ4n) is 7.91. The van der Waals surface area contributed by atoms with Crippen molar-refractivity contribution in [1.29, 1.82) is 0 Å². The molecule has 7 aromatic rings. The minimum absolute atomic E-state index is 0.00709. The van der Waals surface area contributed by atoms with Crippen LogP contribution in [0.5, 0.6) is 51.7 Å². The average Bonchev–Trinajstić information content (AvgIpc) is 3.37. The Bertz CT molecular complexity index is 2590. The largest absolute Gasteiger partial charge is 0.507 e. The maximum Gasteiger partial charge on any atom is 0.204 e. The minimum atomic E-state index is -1.05. The maximum atomic E-state index is 11.8. The SMILES string of the molecule is Cc1ccc(-c2c3c(O)c(O)c(O)c(O)c3c(-c3cccc4c3-c3ccccc3C4(C)C)c3c(O)c(O)c(O)c(O)c23)cc1-c1ccccc1O. The summed E-state index contributed by atoms with van der Waals surface area (Å²) in [6, 6.07) is 24.8. The first-order valence-electron chi connectivity index (χ1n) is 16.1. The van der Waals surface area contributed by atoms with Gasteiger partial charge in [0, 0.05) is 43.7 Å². The van der Waals surface area contributed by atoms with Crippen molar-refractivity contribution in [3.05, 3.63) is 102 Å². The second-order valence-corrected chi connectivity index (χ2v) is 13.5. The Morgan fingerprint density at radius 2 is 0.863 bits per heavy atom. The van der Waals surface area contributed by atoms with E-state index in [1.807, 2.05) is 37.3 Å². The van der Waals surface area contributed by atoms with Gasteiger partial charge in [-0.05, 0) is 63.6 Å². The van der Waals surface area contributed by atoms with E-state index in [-0.39, 0.29) is 44.0 Å². The summed E-state index contributed by atoms with van der Waals surface area (Å²) in [5.74, 6) is -7.59. The number of phenols is 9. The normalized spacial score (nSPS) is 13.1. The van der Waals surface area contributed by atoms with Gasteiger partial charge in [0.15, 0.2) is 23.0 Å². The van der Waals surface area contributed by atoms with Crippen molar-refractivity contribution < 1.29 is 46.0 Å². The van der Waals surface area contributed by atoms with Crippen molar-refractivity contribution in [2.75, 3.05) is 0 Å². The molecule has 9 N–H and O–H groups in total. The number of aromatic hydroxyl groups is 9. The fraction of sp³-hybridized carbons (Fsp3) is 0.0952. The molecule has 0 radical (unpaired) electrons. The molecule has 1 aliphatic rings. The molecular formula is C42H32O9. The van der Waals surface area contributed by atoms with Crippen LogP contribution in [0.15, 0.2) is 84.9 Å². The topological polar surface area (TPSA) is 182 Å². The molecular weight excluding hydrogens is 648 g/mol. The van der Waals surface area contributed by atoms with Crippen molar-refractivity contribution in [2.45, 2.75) is 26.2 Å². The molecule has 9 heteroatoms. The number of hydrogen-bond acceptors (Lipinski definition) is 9. The van der Waals surface area contributed by atoms with Crippen LogP contribution in [-0.2, 0) is 5.41 Å². The van der Waals surface area contributed by atoms with Crippen LogP contribution in [0.2, 0.25) is 0 Å². The lowest BCUT2D eigenvalue weighted by Gasteiger charge is -2.24. The van der Waals surface area contributed by atoms with Gasteiger partial charge in [-0.3, -0.25) is 0 Å². The Kier molecular flexibility index (Phi) is 6.57. The van der Waals surface area contributed by atoms with Crippen LogP contribution in [0, 0.1) is 6.92 Å². The molecule has 0 aliphatic heterocycles. The highest BCUT2D eigenvalue weighted by atomic mass is 16.4. The van der Waals surface area contributed by atoms with Gasteiger partial charge in [0.05, 0.1) is 0 Å². The molecule has 0 spiro atoms. The highest BCUT2D eigenvalue weighted by Crippen LogP contribution is 2.63. The number of benzene rings is 7. The molecule has 9 nitrogen and oxygen atoms in total. The Labute approximate surface area is 291 Å². The maximum absolute atomic E-state index is 11.8. The summed E-state index contributed by atoms with van der Waals surface area (Å²) >= 11 is 0. The lowest BCUT2D eigenvalue weighted by molar-refractivity contribution is 0.350. The molecule has 254 valence electrons. The standard InChI is InChI=1S/C42H32O9/c1-18-15-16-19(17-23(18)20-9-5-7-14-26(20)43)27-30-32(36(46)40(50)38(48)34(30)44)29(33-31(27)35(45)39(49)41(51)37(33)47)22-11-8-13-25-28(22)21-10-4-6-12-24(21)42(25,2)3/h4-17,43-51H,1-3H3. The van der Waals surface area contributed by atoms with E-state index < -0.39 is 51.4 Å². The molecule has 0 saturated heterocycles. The second-order valence-electron chi connectivity index (χ2n) is 13.5. The summed E-state index contributed by atoms with van der Waals surface area (Å²) in [6.45, 7) is 5.93. The molecule has 7 aromatic carbocycles. The highest BCUT2D eigenvalue weighted by Gasteiger charge is 2.39. The zero-order chi connectivity index (χ0) is 36.3. The van der Waals surface area contributed by atoms with Crippen molar-refractivity contribution in [3.63, 3.8) is 0 Å². The Hall–Kier alpha value is -6.74. The van der Waals surface area contributed by atoms with Gasteiger partial charge < -0.3 is 46.0 Å². The van der Waals surface area contributed by atoms with Crippen LogP contribution in [0.25, 0.3) is 66.1 Å². The smallest absolute Gasteiger partial charge is 0.204 e. The molecule has 0 aromatic heterocycles. The lowest BCUT2D eigenvalue weighted by Crippen LogP contribution is -2.14. The first-order valence-corrected chi connectivity index (χ1v) is 16.1. The average molecular weight is 681 g/mol. The first kappa shape index (κ1) is 31.5. The predicted molar refractivity (Wildman–Crippen MR) is 195 cm³/mol. The third-order valence-corrected chi connectivity index (χ3v) is 10.4. The molecule has 8 rings (SSSR count). The number of aryl methyl sites for hydroxylation is 1. The van der Waals surface area contributed by atoms with Crippen LogP contribution in [-0.4, -0.2) is 46.0 Å². The van der Waals surface area contributed by atoms with E-state index in [0.29, 0.717) is 22.3 Å². The number of phenolic OH excluding ortho intramolecular Hbond substituents is 9. The quantitative estimate of drug-likeness (QED) is 0.0500. The summed E-state index contributed by atoms with van der Waals surface area (Å²) in [5.41, 5.74) is 5.24. The molecule has 0 saturated carbocycles. The lowest BCUT2D eigenvalue weighted by atomic mass is 9.79. The number of para-hydroxylation sites is 1. The van der Waals surface area contributed by atoms with E-state index in [4.69, 9.17) is 0 Å². The molecule has 0 bridgehead atoms. The molecule has 0 atom stereocenters. The van der Waals surface area contributed by atoms with Crippen LogP contribution in [0.1, 0.15) is 30.5 Å². The highest BCUT2D eigenvalue weighted by molar-refractivity contribution is 6.29. The Morgan fingerprint density at radius 3 is 1.43 bits per heavy atom. The van der Waals surface area contributed by atoms with Crippen LogP contribution < -0.4 is 0 Å². The summed E-state index contributed by atoms with van der Waals surface area (Å²) in [5, 5.41) is 101. The van der Waals surface area contributed by atoms with E-state index >= 15 is 0 Å². The third-order valence-electron chi connectivity index (χ3n) is 10.4. The summed E-state index contributed by atoms with van der Waals surface area (Å²) in [7, 11) is 0. The zero-order valence-corrected chi connectivity index (χ0v) is 27.6. The van der Waals surface area contributed by atoms with E-state index in [9.17, 15) is 46.0 Å². The fourth-order valence-corrected chi connectivity index (χ4v) is 7.91. The monoisotopic (exact) mass is 680 g/mol. The van der Waals surface area contributed by atoms with Gasteiger partial charge in [0.25, 0.3) is 0 Å². The number of hydrogen-bond donors (Lipinski definition) is 9. The van der Waals surface area contributed by atoms with Gasteiger partial charge in [-0.2, -0.15) is 0 Å². The zero-order valence-electron chi connectivity index (χ0n) is 27.6. The van der Waals surface area contributed by atoms with E-state index in [0.717, 1.165) is 22.3 Å². The van der Waals surface area contributed by atoms with Crippen LogP contribution in [0.4, 0.5) is 0 Å². The van der Waals surface area contributed by atoms with Gasteiger partial charge in [0.2, 0.25) is 23.0 Å². The van der Waals surface area contributed by atoms with Gasteiger partial charge in [-0.1, -0.05) is 86.6 Å². The second kappa shape index (κ2) is 10.6. The predicted octanol–water partition coefficient (Wildman–Crippen LogP) is 8.96.